The standard InChI is InChI=1S/C18H29NO2/c1-2-3-4-5-6-7-8-9-10-15-19-17-13-11-16(12-14-17)18(20)21/h11-14,19H,2-10,15H2,1H3,(H,20,21)/p-1. The van der Waals surface area contributed by atoms with Crippen molar-refractivity contribution in [3.05, 3.63) is 29.8 Å². The summed E-state index contributed by atoms with van der Waals surface area (Å²) in [6.07, 6.45) is 11.9. The summed E-state index contributed by atoms with van der Waals surface area (Å²) in [5.41, 5.74) is 1.20. The van der Waals surface area contributed by atoms with E-state index in [1.54, 1.807) is 24.3 Å². The Morgan fingerprint density at radius 1 is 0.905 bits per heavy atom. The first-order valence-electron chi connectivity index (χ1n) is 8.29. The molecule has 0 saturated heterocycles. The molecule has 118 valence electrons. The lowest BCUT2D eigenvalue weighted by atomic mass is 10.1. The molecule has 0 bridgehead atoms. The van der Waals surface area contributed by atoms with Gasteiger partial charge in [0.15, 0.2) is 0 Å². The molecule has 0 unspecified atom stereocenters. The van der Waals surface area contributed by atoms with Crippen LogP contribution in [0.25, 0.3) is 0 Å². The predicted molar refractivity (Wildman–Crippen MR) is 86.5 cm³/mol. The van der Waals surface area contributed by atoms with E-state index in [1.165, 1.54) is 51.4 Å². The second kappa shape index (κ2) is 11.2. The molecule has 1 rings (SSSR count). The fourth-order valence-electron chi connectivity index (χ4n) is 2.39. The first-order chi connectivity index (χ1) is 10.2. The van der Waals surface area contributed by atoms with Gasteiger partial charge in [0.25, 0.3) is 0 Å². The van der Waals surface area contributed by atoms with Crippen LogP contribution < -0.4 is 10.4 Å². The first-order valence-corrected chi connectivity index (χ1v) is 8.29. The summed E-state index contributed by atoms with van der Waals surface area (Å²) in [5.74, 6) is -1.12. The Hall–Kier alpha value is -1.51. The van der Waals surface area contributed by atoms with Crippen LogP contribution in [0.5, 0.6) is 0 Å². The van der Waals surface area contributed by atoms with Gasteiger partial charge < -0.3 is 15.2 Å². The van der Waals surface area contributed by atoms with Gasteiger partial charge in [-0.2, -0.15) is 0 Å². The van der Waals surface area contributed by atoms with Gasteiger partial charge in [-0.05, 0) is 24.1 Å². The van der Waals surface area contributed by atoms with Gasteiger partial charge in [0.1, 0.15) is 0 Å². The number of rotatable bonds is 12. The average molecular weight is 290 g/mol. The number of benzene rings is 1. The Morgan fingerprint density at radius 3 is 1.95 bits per heavy atom. The number of unbranched alkanes of at least 4 members (excludes halogenated alkanes) is 8. The van der Waals surface area contributed by atoms with Crippen molar-refractivity contribution in [2.24, 2.45) is 0 Å². The smallest absolute Gasteiger partial charge is 0.0715 e. The lowest BCUT2D eigenvalue weighted by molar-refractivity contribution is -0.255. The molecule has 0 fully saturated rings. The normalized spacial score (nSPS) is 10.5. The molecule has 0 saturated carbocycles. The number of carbonyl (C=O) groups excluding carboxylic acids is 1. The second-order valence-corrected chi connectivity index (χ2v) is 5.62. The molecule has 1 N–H and O–H groups in total. The second-order valence-electron chi connectivity index (χ2n) is 5.62. The van der Waals surface area contributed by atoms with Gasteiger partial charge in [-0.1, -0.05) is 70.4 Å². The van der Waals surface area contributed by atoms with Crippen LogP contribution in [0.2, 0.25) is 0 Å². The zero-order valence-electron chi connectivity index (χ0n) is 13.2. The third-order valence-corrected chi connectivity index (χ3v) is 3.73. The fourth-order valence-corrected chi connectivity index (χ4v) is 2.39. The number of carboxylic acids is 1. The molecule has 0 spiro atoms. The van der Waals surface area contributed by atoms with Crippen LogP contribution in [0.3, 0.4) is 0 Å². The third kappa shape index (κ3) is 8.38. The lowest BCUT2D eigenvalue weighted by Gasteiger charge is -2.08. The summed E-state index contributed by atoms with van der Waals surface area (Å²) in [6.45, 7) is 3.19. The monoisotopic (exact) mass is 290 g/mol. The third-order valence-electron chi connectivity index (χ3n) is 3.73. The highest BCUT2D eigenvalue weighted by Crippen LogP contribution is 2.11. The van der Waals surface area contributed by atoms with E-state index in [0.717, 1.165) is 18.7 Å². The van der Waals surface area contributed by atoms with Gasteiger partial charge in [-0.25, -0.2) is 0 Å². The van der Waals surface area contributed by atoms with Crippen LogP contribution in [0.15, 0.2) is 24.3 Å². The van der Waals surface area contributed by atoms with E-state index < -0.39 is 5.97 Å². The van der Waals surface area contributed by atoms with E-state index in [-0.39, 0.29) is 5.56 Å². The number of hydrogen-bond acceptors (Lipinski definition) is 3. The molecule has 0 aromatic heterocycles. The highest BCUT2D eigenvalue weighted by Gasteiger charge is 1.95. The number of carbonyl (C=O) groups is 1. The Bertz CT molecular complexity index is 387. The molecular weight excluding hydrogens is 262 g/mol. The maximum absolute atomic E-state index is 10.6. The minimum atomic E-state index is -1.12. The zero-order valence-corrected chi connectivity index (χ0v) is 13.2. The Morgan fingerprint density at radius 2 is 1.43 bits per heavy atom. The van der Waals surface area contributed by atoms with E-state index in [0.29, 0.717) is 0 Å². The number of carboxylic acid groups (broad SMARTS) is 1. The van der Waals surface area contributed by atoms with Gasteiger partial charge in [-0.3, -0.25) is 0 Å². The summed E-state index contributed by atoms with van der Waals surface area (Å²) in [4.78, 5) is 10.6. The Labute approximate surface area is 128 Å². The predicted octanol–water partition coefficient (Wildman–Crippen LogP) is 3.99. The number of nitrogens with one attached hydrogen (secondary N) is 1. The highest BCUT2D eigenvalue weighted by atomic mass is 16.4. The maximum Gasteiger partial charge on any atom is 0.0715 e. The highest BCUT2D eigenvalue weighted by molar-refractivity contribution is 5.86. The van der Waals surface area contributed by atoms with Crippen molar-refractivity contribution >= 4 is 11.7 Å². The van der Waals surface area contributed by atoms with Crippen molar-refractivity contribution in [1.82, 2.24) is 0 Å². The molecule has 21 heavy (non-hydrogen) atoms. The van der Waals surface area contributed by atoms with E-state index in [2.05, 4.69) is 12.2 Å². The van der Waals surface area contributed by atoms with Crippen molar-refractivity contribution in [3.8, 4) is 0 Å². The number of anilines is 1. The van der Waals surface area contributed by atoms with Crippen molar-refractivity contribution in [2.45, 2.75) is 64.7 Å². The quantitative estimate of drug-likeness (QED) is 0.592. The van der Waals surface area contributed by atoms with Crippen molar-refractivity contribution in [3.63, 3.8) is 0 Å². The summed E-state index contributed by atoms with van der Waals surface area (Å²) < 4.78 is 0. The number of aromatic carboxylic acids is 1. The summed E-state index contributed by atoms with van der Waals surface area (Å²) in [5, 5.41) is 13.9. The van der Waals surface area contributed by atoms with Crippen LogP contribution in [0.1, 0.15) is 75.1 Å². The van der Waals surface area contributed by atoms with Crippen LogP contribution in [0.4, 0.5) is 5.69 Å². The lowest BCUT2D eigenvalue weighted by Crippen LogP contribution is -2.21. The summed E-state index contributed by atoms with van der Waals surface area (Å²) in [6, 6.07) is 6.74. The first kappa shape index (κ1) is 17.5. The Kier molecular flexibility index (Phi) is 9.34. The van der Waals surface area contributed by atoms with E-state index >= 15 is 0 Å². The minimum Gasteiger partial charge on any atom is -0.545 e. The molecule has 0 atom stereocenters. The van der Waals surface area contributed by atoms with Gasteiger partial charge in [-0.15, -0.1) is 0 Å². The van der Waals surface area contributed by atoms with Crippen LogP contribution >= 0.6 is 0 Å². The number of hydrogen-bond donors (Lipinski definition) is 1. The molecular formula is C18H28NO2-. The van der Waals surface area contributed by atoms with Crippen LogP contribution in [-0.4, -0.2) is 12.5 Å². The molecule has 1 aromatic rings. The molecule has 0 aliphatic heterocycles. The largest absolute Gasteiger partial charge is 0.545 e. The topological polar surface area (TPSA) is 52.2 Å². The Balaban J connectivity index is 1.98. The molecule has 0 heterocycles. The van der Waals surface area contributed by atoms with Gasteiger partial charge in [0.05, 0.1) is 5.97 Å². The summed E-state index contributed by atoms with van der Waals surface area (Å²) in [7, 11) is 0. The van der Waals surface area contributed by atoms with E-state index in [9.17, 15) is 9.90 Å². The molecule has 3 heteroatoms. The van der Waals surface area contributed by atoms with Crippen molar-refractivity contribution in [2.75, 3.05) is 11.9 Å². The average Bonchev–Trinajstić information content (AvgIpc) is 2.49. The SMILES string of the molecule is CCCCCCCCCCCNc1ccc(C(=O)[O-])cc1. The maximum atomic E-state index is 10.6. The van der Waals surface area contributed by atoms with Crippen molar-refractivity contribution in [1.29, 1.82) is 0 Å². The zero-order chi connectivity index (χ0) is 15.3. The van der Waals surface area contributed by atoms with Gasteiger partial charge in [0.2, 0.25) is 0 Å². The molecule has 0 aliphatic rings. The van der Waals surface area contributed by atoms with Crippen LogP contribution in [0, 0.1) is 0 Å². The molecule has 0 radical (unpaired) electrons. The molecule has 0 amide bonds. The van der Waals surface area contributed by atoms with Crippen LogP contribution in [-0.2, 0) is 0 Å². The van der Waals surface area contributed by atoms with Gasteiger partial charge >= 0.3 is 0 Å². The van der Waals surface area contributed by atoms with Crippen molar-refractivity contribution < 1.29 is 9.90 Å². The van der Waals surface area contributed by atoms with E-state index in [4.69, 9.17) is 0 Å². The minimum absolute atomic E-state index is 0.226. The summed E-state index contributed by atoms with van der Waals surface area (Å²) >= 11 is 0. The molecule has 3 nitrogen and oxygen atoms in total. The van der Waals surface area contributed by atoms with Gasteiger partial charge in [0, 0.05) is 12.2 Å². The fraction of sp³-hybridized carbons (Fsp3) is 0.611. The molecule has 0 aliphatic carbocycles. The molecule has 1 aromatic carbocycles. The van der Waals surface area contributed by atoms with E-state index in [1.807, 2.05) is 0 Å².